The molecule has 5 heteroatoms. The normalized spacial score (nSPS) is 18.0. The maximum atomic E-state index is 14.5. The molecule has 1 heterocycles. The Bertz CT molecular complexity index is 758. The van der Waals surface area contributed by atoms with Crippen LogP contribution in [0.1, 0.15) is 22.6 Å². The Morgan fingerprint density at radius 3 is 2.58 bits per heavy atom. The molecule has 0 aromatic heterocycles. The maximum absolute atomic E-state index is 14.5. The molecule has 0 amide bonds. The second kappa shape index (κ2) is 6.53. The minimum atomic E-state index is -0.755. The lowest BCUT2D eigenvalue weighted by Gasteiger charge is -2.24. The Morgan fingerprint density at radius 1 is 1.21 bits per heavy atom. The zero-order chi connectivity index (χ0) is 17.3. The van der Waals surface area contributed by atoms with Crippen LogP contribution in [0.5, 0.6) is 17.2 Å². The van der Waals surface area contributed by atoms with Crippen molar-refractivity contribution in [3.05, 3.63) is 65.5 Å². The van der Waals surface area contributed by atoms with Gasteiger partial charge in [-0.05, 0) is 41.3 Å². The van der Waals surface area contributed by atoms with E-state index in [9.17, 15) is 19.7 Å². The Balaban J connectivity index is 2.13. The molecule has 2 aromatic carbocycles. The number of fused-ring (bicyclic) bond motifs is 1. The number of phenolic OH excluding ortho intramolecular Hbond substituents is 3. The van der Waals surface area contributed by atoms with Gasteiger partial charge in [-0.1, -0.05) is 18.2 Å². The van der Waals surface area contributed by atoms with E-state index in [4.69, 9.17) is 0 Å². The van der Waals surface area contributed by atoms with Crippen LogP contribution in [0.2, 0.25) is 0 Å². The molecule has 0 bridgehead atoms. The van der Waals surface area contributed by atoms with E-state index in [-0.39, 0.29) is 11.7 Å². The summed E-state index contributed by atoms with van der Waals surface area (Å²) >= 11 is 0. The number of benzene rings is 2. The standard InChI is InChI=1S/C19H20FNO3/c1-2-8-21-9-7-14-15(10-17(23)19(24)18(14)20)16(11-21)12-3-5-13(22)6-4-12/h2-6,10,16,22-24H,1,7-9,11H2. The third kappa shape index (κ3) is 2.95. The summed E-state index contributed by atoms with van der Waals surface area (Å²) in [6.07, 6.45) is 2.24. The lowest BCUT2D eigenvalue weighted by molar-refractivity contribution is 0.305. The van der Waals surface area contributed by atoms with Crippen LogP contribution in [-0.2, 0) is 6.42 Å². The molecule has 126 valence electrons. The quantitative estimate of drug-likeness (QED) is 0.598. The smallest absolute Gasteiger partial charge is 0.194 e. The Hall–Kier alpha value is -2.53. The highest BCUT2D eigenvalue weighted by Crippen LogP contribution is 2.40. The van der Waals surface area contributed by atoms with Crippen molar-refractivity contribution in [1.82, 2.24) is 4.90 Å². The Labute approximate surface area is 140 Å². The predicted molar refractivity (Wildman–Crippen MR) is 90.0 cm³/mol. The first-order valence-electron chi connectivity index (χ1n) is 7.86. The SMILES string of the molecule is C=CCN1CCc2c(cc(O)c(O)c2F)C(c2ccc(O)cc2)C1. The summed E-state index contributed by atoms with van der Waals surface area (Å²) in [4.78, 5) is 2.15. The van der Waals surface area contributed by atoms with E-state index >= 15 is 0 Å². The van der Waals surface area contributed by atoms with Crippen LogP contribution >= 0.6 is 0 Å². The molecule has 1 aliphatic rings. The maximum Gasteiger partial charge on any atom is 0.194 e. The van der Waals surface area contributed by atoms with Crippen LogP contribution < -0.4 is 0 Å². The van der Waals surface area contributed by atoms with Gasteiger partial charge in [-0.25, -0.2) is 4.39 Å². The van der Waals surface area contributed by atoms with Gasteiger partial charge in [0.1, 0.15) is 5.75 Å². The molecule has 0 radical (unpaired) electrons. The third-order valence-corrected chi connectivity index (χ3v) is 4.53. The molecule has 1 aliphatic heterocycles. The Morgan fingerprint density at radius 2 is 1.92 bits per heavy atom. The van der Waals surface area contributed by atoms with Crippen LogP contribution in [0.25, 0.3) is 0 Å². The van der Waals surface area contributed by atoms with Crippen molar-refractivity contribution in [2.75, 3.05) is 19.6 Å². The number of aromatic hydroxyl groups is 3. The van der Waals surface area contributed by atoms with Gasteiger partial charge >= 0.3 is 0 Å². The number of phenols is 3. The summed E-state index contributed by atoms with van der Waals surface area (Å²) in [5, 5.41) is 29.1. The van der Waals surface area contributed by atoms with Gasteiger partial charge in [0.15, 0.2) is 17.3 Å². The van der Waals surface area contributed by atoms with Gasteiger partial charge < -0.3 is 15.3 Å². The number of rotatable bonds is 3. The summed E-state index contributed by atoms with van der Waals surface area (Å²) in [7, 11) is 0. The van der Waals surface area contributed by atoms with Gasteiger partial charge in [-0.15, -0.1) is 6.58 Å². The summed E-state index contributed by atoms with van der Waals surface area (Å²) in [6.45, 7) is 5.70. The fraction of sp³-hybridized carbons (Fsp3) is 0.263. The zero-order valence-electron chi connectivity index (χ0n) is 13.2. The topological polar surface area (TPSA) is 63.9 Å². The molecule has 2 aromatic rings. The molecule has 1 unspecified atom stereocenters. The van der Waals surface area contributed by atoms with E-state index in [0.717, 1.165) is 5.56 Å². The first-order chi connectivity index (χ1) is 11.5. The van der Waals surface area contributed by atoms with E-state index in [2.05, 4.69) is 11.5 Å². The van der Waals surface area contributed by atoms with Crippen LogP contribution in [0.15, 0.2) is 43.0 Å². The molecule has 0 fully saturated rings. The molecule has 0 saturated carbocycles. The van der Waals surface area contributed by atoms with Crippen molar-refractivity contribution in [1.29, 1.82) is 0 Å². The molecular weight excluding hydrogens is 309 g/mol. The van der Waals surface area contributed by atoms with Gasteiger partial charge in [0.2, 0.25) is 0 Å². The van der Waals surface area contributed by atoms with E-state index in [1.54, 1.807) is 30.3 Å². The molecular formula is C19H20FNO3. The lowest BCUT2D eigenvalue weighted by atomic mass is 9.87. The summed E-state index contributed by atoms with van der Waals surface area (Å²) in [6, 6.07) is 8.22. The zero-order valence-corrected chi connectivity index (χ0v) is 13.2. The van der Waals surface area contributed by atoms with Crippen molar-refractivity contribution in [2.24, 2.45) is 0 Å². The van der Waals surface area contributed by atoms with Crippen LogP contribution in [0, 0.1) is 5.82 Å². The van der Waals surface area contributed by atoms with Gasteiger partial charge in [0, 0.05) is 25.6 Å². The predicted octanol–water partition coefficient (Wildman–Crippen LogP) is 3.12. The highest BCUT2D eigenvalue weighted by molar-refractivity contribution is 5.51. The first-order valence-corrected chi connectivity index (χ1v) is 7.86. The molecule has 3 rings (SSSR count). The van der Waals surface area contributed by atoms with Gasteiger partial charge in [0.25, 0.3) is 0 Å². The molecule has 4 nitrogen and oxygen atoms in total. The third-order valence-electron chi connectivity index (χ3n) is 4.53. The highest BCUT2D eigenvalue weighted by Gasteiger charge is 2.28. The molecule has 0 spiro atoms. The largest absolute Gasteiger partial charge is 0.508 e. The number of hydrogen-bond donors (Lipinski definition) is 3. The van der Waals surface area contributed by atoms with E-state index in [1.165, 1.54) is 6.07 Å². The fourth-order valence-corrected chi connectivity index (χ4v) is 3.31. The minimum Gasteiger partial charge on any atom is -0.508 e. The highest BCUT2D eigenvalue weighted by atomic mass is 19.1. The van der Waals surface area contributed by atoms with Crippen molar-refractivity contribution in [3.63, 3.8) is 0 Å². The number of hydrogen-bond acceptors (Lipinski definition) is 4. The van der Waals surface area contributed by atoms with Gasteiger partial charge in [-0.2, -0.15) is 0 Å². The second-order valence-corrected chi connectivity index (χ2v) is 6.07. The first kappa shape index (κ1) is 16.3. The minimum absolute atomic E-state index is 0.162. The van der Waals surface area contributed by atoms with E-state index < -0.39 is 17.3 Å². The van der Waals surface area contributed by atoms with E-state index in [0.29, 0.717) is 37.2 Å². The molecule has 1 atom stereocenters. The number of nitrogens with zero attached hydrogens (tertiary/aromatic N) is 1. The average molecular weight is 329 g/mol. The average Bonchev–Trinajstić information content (AvgIpc) is 2.74. The monoisotopic (exact) mass is 329 g/mol. The molecule has 0 saturated heterocycles. The van der Waals surface area contributed by atoms with Crippen molar-refractivity contribution >= 4 is 0 Å². The summed E-state index contributed by atoms with van der Waals surface area (Å²) in [5.41, 5.74) is 2.00. The van der Waals surface area contributed by atoms with E-state index in [1.807, 2.05) is 0 Å². The second-order valence-electron chi connectivity index (χ2n) is 6.07. The molecule has 0 aliphatic carbocycles. The van der Waals surface area contributed by atoms with Crippen molar-refractivity contribution < 1.29 is 19.7 Å². The fourth-order valence-electron chi connectivity index (χ4n) is 3.31. The van der Waals surface area contributed by atoms with Gasteiger partial charge in [-0.3, -0.25) is 4.90 Å². The number of halogens is 1. The molecule has 3 N–H and O–H groups in total. The van der Waals surface area contributed by atoms with Gasteiger partial charge in [0.05, 0.1) is 0 Å². The van der Waals surface area contributed by atoms with Crippen LogP contribution in [0.4, 0.5) is 4.39 Å². The Kier molecular flexibility index (Phi) is 4.44. The summed E-state index contributed by atoms with van der Waals surface area (Å²) < 4.78 is 14.5. The van der Waals surface area contributed by atoms with Crippen molar-refractivity contribution in [3.8, 4) is 17.2 Å². The van der Waals surface area contributed by atoms with Crippen LogP contribution in [0.3, 0.4) is 0 Å². The molecule has 24 heavy (non-hydrogen) atoms. The summed E-state index contributed by atoms with van der Waals surface area (Å²) in [5.74, 6) is -1.92. The lowest BCUT2D eigenvalue weighted by Crippen LogP contribution is -2.28. The van der Waals surface area contributed by atoms with Crippen molar-refractivity contribution in [2.45, 2.75) is 12.3 Å². The van der Waals surface area contributed by atoms with Crippen LogP contribution in [-0.4, -0.2) is 39.9 Å².